The van der Waals surface area contributed by atoms with Crippen molar-refractivity contribution in [1.82, 2.24) is 25.8 Å². The lowest BCUT2D eigenvalue weighted by atomic mass is 9.94. The van der Waals surface area contributed by atoms with Gasteiger partial charge in [0.25, 0.3) is 11.8 Å². The van der Waals surface area contributed by atoms with Gasteiger partial charge < -0.3 is 30.9 Å². The smallest absolute Gasteiger partial charge is 0.253 e. The molecule has 2 saturated heterocycles. The van der Waals surface area contributed by atoms with E-state index in [1.165, 1.54) is 16.7 Å². The Labute approximate surface area is 338 Å². The van der Waals surface area contributed by atoms with Crippen molar-refractivity contribution in [2.75, 3.05) is 32.8 Å². The van der Waals surface area contributed by atoms with Gasteiger partial charge in [0.05, 0.1) is 17.8 Å². The number of rotatable bonds is 12. The highest BCUT2D eigenvalue weighted by molar-refractivity contribution is 5.99. The number of nitrogens with one attached hydrogen (secondary N) is 3. The van der Waals surface area contributed by atoms with E-state index in [2.05, 4.69) is 52.3 Å². The van der Waals surface area contributed by atoms with Crippen molar-refractivity contribution in [2.24, 2.45) is 23.7 Å². The number of aliphatic hydroxyl groups is 1. The third-order valence-electron chi connectivity index (χ3n) is 13.0. The van der Waals surface area contributed by atoms with Crippen LogP contribution in [-0.4, -0.2) is 95.4 Å². The van der Waals surface area contributed by atoms with E-state index in [9.17, 15) is 29.1 Å². The maximum Gasteiger partial charge on any atom is 0.253 e. The highest BCUT2D eigenvalue weighted by Gasteiger charge is 2.49. The third kappa shape index (κ3) is 7.87. The molecule has 2 aliphatic heterocycles. The van der Waals surface area contributed by atoms with Crippen LogP contribution in [0.2, 0.25) is 0 Å². The Bertz CT molecular complexity index is 2090. The Morgan fingerprint density at radius 2 is 0.793 bits per heavy atom. The Kier molecular flexibility index (Phi) is 10.3. The molecule has 10 atom stereocenters. The number of amides is 5. The van der Waals surface area contributed by atoms with Crippen LogP contribution in [0.3, 0.4) is 0 Å². The summed E-state index contributed by atoms with van der Waals surface area (Å²) >= 11 is 0. The SMILES string of the molecule is O=C(N[C@H]1C[C@@H]1c1ccccc1)C1CN(C(=O)c2ccc(C(=O)N3C[C@@H](C(=O)N[C@H]4C[C@@H]4c4ccccc4)[C@H](C(=O)N[C@H]4C[C@@H]4c4ccccc4)C3)cc2)CC1CO. The number of aliphatic hydroxyl groups excluding tert-OH is 1. The van der Waals surface area contributed by atoms with Crippen LogP contribution in [0.4, 0.5) is 0 Å². The van der Waals surface area contributed by atoms with Crippen LogP contribution >= 0.6 is 0 Å². The molecule has 3 aliphatic carbocycles. The van der Waals surface area contributed by atoms with Crippen LogP contribution < -0.4 is 16.0 Å². The minimum Gasteiger partial charge on any atom is -0.396 e. The molecule has 298 valence electrons. The summed E-state index contributed by atoms with van der Waals surface area (Å²) in [6.45, 7) is 0.442. The molecule has 9 rings (SSSR count). The van der Waals surface area contributed by atoms with Crippen molar-refractivity contribution in [3.8, 4) is 0 Å². The average molecular weight is 780 g/mol. The minimum atomic E-state index is -0.709. The lowest BCUT2D eigenvalue weighted by molar-refractivity contribution is -0.133. The molecule has 3 saturated carbocycles. The summed E-state index contributed by atoms with van der Waals surface area (Å²) in [4.78, 5) is 71.8. The zero-order chi connectivity index (χ0) is 39.9. The number of hydrogen-bond donors (Lipinski definition) is 4. The van der Waals surface area contributed by atoms with Gasteiger partial charge in [-0.2, -0.15) is 0 Å². The number of carbonyl (C=O) groups is 5. The topological polar surface area (TPSA) is 148 Å². The lowest BCUT2D eigenvalue weighted by Gasteiger charge is -2.18. The summed E-state index contributed by atoms with van der Waals surface area (Å²) in [6.07, 6.45) is 2.52. The predicted molar refractivity (Wildman–Crippen MR) is 216 cm³/mol. The summed E-state index contributed by atoms with van der Waals surface area (Å²) < 4.78 is 0. The normalized spacial score (nSPS) is 29.3. The van der Waals surface area contributed by atoms with Gasteiger partial charge in [0.1, 0.15) is 0 Å². The number of nitrogens with zero attached hydrogens (tertiary/aromatic N) is 2. The zero-order valence-electron chi connectivity index (χ0n) is 32.3. The number of carbonyl (C=O) groups excluding carboxylic acids is 5. The standard InChI is InChI=1S/C47H49N5O6/c53-27-33-23-51(24-37(33)43(54)48-40-20-34(40)28-10-4-1-5-11-28)46(57)31-16-18-32(19-17-31)47(58)52-25-38(44(55)49-41-21-35(41)29-12-6-2-7-13-29)39(26-52)45(56)50-42-22-36(42)30-14-8-3-9-15-30/h1-19,33-42,53H,20-27H2,(H,48,54)(H,49,55)(H,50,56)/t33?,34-,35-,36-,37?,38-,39-,40+,41+,42+/m1/s1. The Balaban J connectivity index is 0.834. The van der Waals surface area contributed by atoms with E-state index in [4.69, 9.17) is 0 Å². The third-order valence-corrected chi connectivity index (χ3v) is 13.0. The molecule has 0 bridgehead atoms. The molecule has 4 aromatic rings. The Hall–Kier alpha value is -5.81. The largest absolute Gasteiger partial charge is 0.396 e. The summed E-state index contributed by atoms with van der Waals surface area (Å²) in [7, 11) is 0. The van der Waals surface area contributed by atoms with Crippen molar-refractivity contribution < 1.29 is 29.1 Å². The molecule has 58 heavy (non-hydrogen) atoms. The molecule has 5 amide bonds. The molecule has 11 heteroatoms. The van der Waals surface area contributed by atoms with Crippen molar-refractivity contribution in [1.29, 1.82) is 0 Å². The van der Waals surface area contributed by atoms with Crippen molar-refractivity contribution in [3.05, 3.63) is 143 Å². The first-order valence-electron chi connectivity index (χ1n) is 20.6. The van der Waals surface area contributed by atoms with Gasteiger partial charge in [-0.15, -0.1) is 0 Å². The predicted octanol–water partition coefficient (Wildman–Crippen LogP) is 4.07. The van der Waals surface area contributed by atoms with Crippen LogP contribution in [0.1, 0.15) is 74.4 Å². The second-order valence-electron chi connectivity index (χ2n) is 16.9. The summed E-state index contributed by atoms with van der Waals surface area (Å²) in [5, 5.41) is 19.6. The van der Waals surface area contributed by atoms with Gasteiger partial charge in [0, 0.05) is 85.7 Å². The van der Waals surface area contributed by atoms with Gasteiger partial charge >= 0.3 is 0 Å². The van der Waals surface area contributed by atoms with E-state index in [1.54, 1.807) is 34.1 Å². The van der Waals surface area contributed by atoms with Gasteiger partial charge in [0.2, 0.25) is 17.7 Å². The van der Waals surface area contributed by atoms with Crippen molar-refractivity contribution in [2.45, 2.75) is 55.1 Å². The minimum absolute atomic E-state index is 0.0162. The Morgan fingerprint density at radius 3 is 1.16 bits per heavy atom. The molecular weight excluding hydrogens is 731 g/mol. The van der Waals surface area contributed by atoms with E-state index in [-0.39, 0.29) is 104 Å². The molecule has 11 nitrogen and oxygen atoms in total. The highest BCUT2D eigenvalue weighted by Crippen LogP contribution is 2.43. The molecule has 2 unspecified atom stereocenters. The van der Waals surface area contributed by atoms with E-state index >= 15 is 0 Å². The van der Waals surface area contributed by atoms with Gasteiger partial charge in [-0.1, -0.05) is 91.0 Å². The molecule has 4 N–H and O–H groups in total. The van der Waals surface area contributed by atoms with Crippen LogP contribution in [0.25, 0.3) is 0 Å². The van der Waals surface area contributed by atoms with Crippen molar-refractivity contribution in [3.63, 3.8) is 0 Å². The van der Waals surface area contributed by atoms with Gasteiger partial charge in [-0.25, -0.2) is 0 Å². The first-order chi connectivity index (χ1) is 28.2. The molecular formula is C47H49N5O6. The highest BCUT2D eigenvalue weighted by atomic mass is 16.3. The molecule has 0 radical (unpaired) electrons. The summed E-state index contributed by atoms with van der Waals surface area (Å²) in [5.41, 5.74) is 4.24. The summed E-state index contributed by atoms with van der Waals surface area (Å²) in [6, 6.07) is 36.6. The van der Waals surface area contributed by atoms with Crippen LogP contribution in [0, 0.1) is 23.7 Å². The van der Waals surface area contributed by atoms with E-state index < -0.39 is 17.8 Å². The maximum atomic E-state index is 14.0. The van der Waals surface area contributed by atoms with Crippen molar-refractivity contribution >= 4 is 29.5 Å². The molecule has 5 fully saturated rings. The number of hydrogen-bond acceptors (Lipinski definition) is 6. The first-order valence-corrected chi connectivity index (χ1v) is 20.6. The van der Waals surface area contributed by atoms with Gasteiger partial charge in [-0.3, -0.25) is 24.0 Å². The number of likely N-dealkylation sites (tertiary alicyclic amines) is 2. The van der Waals surface area contributed by atoms with E-state index in [0.29, 0.717) is 11.1 Å². The van der Waals surface area contributed by atoms with Crippen LogP contribution in [0.5, 0.6) is 0 Å². The average Bonchev–Trinajstić information content (AvgIpc) is 4.23. The summed E-state index contributed by atoms with van der Waals surface area (Å²) in [5.74, 6) is -2.78. The maximum absolute atomic E-state index is 14.0. The molecule has 0 spiro atoms. The first kappa shape index (κ1) is 37.7. The van der Waals surface area contributed by atoms with Crippen LogP contribution in [-0.2, 0) is 14.4 Å². The van der Waals surface area contributed by atoms with E-state index in [0.717, 1.165) is 19.3 Å². The lowest BCUT2D eigenvalue weighted by Crippen LogP contribution is -2.43. The van der Waals surface area contributed by atoms with Crippen LogP contribution in [0.15, 0.2) is 115 Å². The van der Waals surface area contributed by atoms with Gasteiger partial charge in [-0.05, 0) is 60.2 Å². The second-order valence-corrected chi connectivity index (χ2v) is 16.9. The zero-order valence-corrected chi connectivity index (χ0v) is 32.3. The quantitative estimate of drug-likeness (QED) is 0.171. The molecule has 5 aliphatic rings. The fourth-order valence-corrected chi connectivity index (χ4v) is 9.28. The van der Waals surface area contributed by atoms with Gasteiger partial charge in [0.15, 0.2) is 0 Å². The molecule has 0 aromatic heterocycles. The monoisotopic (exact) mass is 779 g/mol. The second kappa shape index (κ2) is 15.9. The Morgan fingerprint density at radius 1 is 0.466 bits per heavy atom. The molecule has 4 aromatic carbocycles. The fraction of sp³-hybridized carbons (Fsp3) is 0.383. The van der Waals surface area contributed by atoms with E-state index in [1.807, 2.05) is 54.6 Å². The fourth-order valence-electron chi connectivity index (χ4n) is 9.28. The molecule has 2 heterocycles. The number of benzene rings is 4.